The first kappa shape index (κ1) is 18.2. The second kappa shape index (κ2) is 7.34. The minimum atomic E-state index is -0.476. The highest BCUT2D eigenvalue weighted by molar-refractivity contribution is 6.55. The van der Waals surface area contributed by atoms with Crippen molar-refractivity contribution in [2.45, 2.75) is 20.8 Å². The summed E-state index contributed by atoms with van der Waals surface area (Å²) in [7, 11) is 0. The van der Waals surface area contributed by atoms with Crippen LogP contribution in [0.3, 0.4) is 0 Å². The standard InChI is InChI=1S/C21H20ClNO3/c1-13-4-6-16(7-5-13)18-19(22)21(25)23(20(18)24)8-9-26-17-11-14(2)10-15(3)12-17/h4-7,10-12H,8-9H2,1-3H3. The lowest BCUT2D eigenvalue weighted by molar-refractivity contribution is -0.137. The Morgan fingerprint density at radius 3 is 2.12 bits per heavy atom. The van der Waals surface area contributed by atoms with Gasteiger partial charge >= 0.3 is 0 Å². The first-order chi connectivity index (χ1) is 12.4. The van der Waals surface area contributed by atoms with E-state index in [0.717, 1.165) is 27.3 Å². The summed E-state index contributed by atoms with van der Waals surface area (Å²) in [6, 6.07) is 13.3. The summed E-state index contributed by atoms with van der Waals surface area (Å²) < 4.78 is 5.71. The van der Waals surface area contributed by atoms with Crippen LogP contribution >= 0.6 is 11.6 Å². The van der Waals surface area contributed by atoms with E-state index in [1.54, 1.807) is 12.1 Å². The summed E-state index contributed by atoms with van der Waals surface area (Å²) in [6.07, 6.45) is 0. The van der Waals surface area contributed by atoms with E-state index in [1.807, 2.05) is 45.0 Å². The molecule has 0 spiro atoms. The number of amides is 2. The Labute approximate surface area is 158 Å². The van der Waals surface area contributed by atoms with Crippen molar-refractivity contribution >= 4 is 29.0 Å². The number of carbonyl (C=O) groups is 2. The molecule has 2 amide bonds. The predicted molar refractivity (Wildman–Crippen MR) is 102 cm³/mol. The Balaban J connectivity index is 1.69. The molecule has 2 aromatic rings. The van der Waals surface area contributed by atoms with E-state index in [-0.39, 0.29) is 29.7 Å². The number of imide groups is 1. The van der Waals surface area contributed by atoms with E-state index >= 15 is 0 Å². The van der Waals surface area contributed by atoms with Crippen molar-refractivity contribution in [3.8, 4) is 5.75 Å². The van der Waals surface area contributed by atoms with Crippen LogP contribution in [0.2, 0.25) is 0 Å². The molecule has 1 heterocycles. The number of benzene rings is 2. The average molecular weight is 370 g/mol. The number of ether oxygens (including phenoxy) is 1. The number of nitrogens with zero attached hydrogens (tertiary/aromatic N) is 1. The maximum absolute atomic E-state index is 12.7. The molecule has 0 radical (unpaired) electrons. The van der Waals surface area contributed by atoms with E-state index in [4.69, 9.17) is 16.3 Å². The number of carbonyl (C=O) groups excluding carboxylic acids is 2. The smallest absolute Gasteiger partial charge is 0.273 e. The van der Waals surface area contributed by atoms with E-state index in [0.29, 0.717) is 5.56 Å². The quantitative estimate of drug-likeness (QED) is 0.748. The molecule has 0 N–H and O–H groups in total. The van der Waals surface area contributed by atoms with Crippen molar-refractivity contribution in [3.63, 3.8) is 0 Å². The van der Waals surface area contributed by atoms with Crippen LogP contribution in [0.25, 0.3) is 5.57 Å². The first-order valence-corrected chi connectivity index (χ1v) is 8.78. The van der Waals surface area contributed by atoms with Gasteiger partial charge in [-0.1, -0.05) is 47.5 Å². The maximum Gasteiger partial charge on any atom is 0.273 e. The van der Waals surface area contributed by atoms with Crippen LogP contribution in [0.4, 0.5) is 0 Å². The van der Waals surface area contributed by atoms with Crippen LogP contribution in [0.1, 0.15) is 22.3 Å². The number of hydrogen-bond donors (Lipinski definition) is 0. The van der Waals surface area contributed by atoms with Gasteiger partial charge in [0.1, 0.15) is 17.4 Å². The van der Waals surface area contributed by atoms with Crippen LogP contribution in [-0.4, -0.2) is 29.9 Å². The van der Waals surface area contributed by atoms with E-state index in [1.165, 1.54) is 0 Å². The van der Waals surface area contributed by atoms with E-state index in [9.17, 15) is 9.59 Å². The third-order valence-electron chi connectivity index (χ3n) is 4.23. The summed E-state index contributed by atoms with van der Waals surface area (Å²) in [6.45, 7) is 6.30. The highest BCUT2D eigenvalue weighted by Crippen LogP contribution is 2.31. The average Bonchev–Trinajstić information content (AvgIpc) is 2.78. The molecule has 0 atom stereocenters. The van der Waals surface area contributed by atoms with Crippen molar-refractivity contribution in [3.05, 3.63) is 69.8 Å². The minimum absolute atomic E-state index is 0.0368. The van der Waals surface area contributed by atoms with Crippen molar-refractivity contribution in [2.75, 3.05) is 13.2 Å². The molecule has 0 aromatic heterocycles. The molecular formula is C21H20ClNO3. The molecule has 5 heteroatoms. The molecule has 0 saturated heterocycles. The van der Waals surface area contributed by atoms with Crippen LogP contribution in [-0.2, 0) is 9.59 Å². The van der Waals surface area contributed by atoms with Gasteiger partial charge in [-0.2, -0.15) is 0 Å². The lowest BCUT2D eigenvalue weighted by atomic mass is 10.0. The highest BCUT2D eigenvalue weighted by atomic mass is 35.5. The molecule has 0 bridgehead atoms. The summed E-state index contributed by atoms with van der Waals surface area (Å²) in [5, 5.41) is -0.0368. The van der Waals surface area contributed by atoms with Gasteiger partial charge < -0.3 is 4.74 Å². The molecular weight excluding hydrogens is 350 g/mol. The Morgan fingerprint density at radius 2 is 1.50 bits per heavy atom. The van der Waals surface area contributed by atoms with Crippen molar-refractivity contribution in [1.29, 1.82) is 0 Å². The van der Waals surface area contributed by atoms with Gasteiger partial charge in [-0.05, 0) is 49.6 Å². The number of aryl methyl sites for hydroxylation is 3. The molecule has 134 valence electrons. The normalized spacial score (nSPS) is 14.4. The number of hydrogen-bond acceptors (Lipinski definition) is 3. The first-order valence-electron chi connectivity index (χ1n) is 8.41. The molecule has 0 unspecified atom stereocenters. The van der Waals surface area contributed by atoms with Gasteiger partial charge in [0.25, 0.3) is 11.8 Å². The lowest BCUT2D eigenvalue weighted by Crippen LogP contribution is -2.35. The van der Waals surface area contributed by atoms with Gasteiger partial charge in [0, 0.05) is 0 Å². The zero-order valence-corrected chi connectivity index (χ0v) is 15.8. The zero-order chi connectivity index (χ0) is 18.8. The third kappa shape index (κ3) is 3.65. The molecule has 3 rings (SSSR count). The minimum Gasteiger partial charge on any atom is -0.492 e. The molecule has 0 fully saturated rings. The van der Waals surface area contributed by atoms with Gasteiger partial charge in [0.05, 0.1) is 12.1 Å². The predicted octanol–water partition coefficient (Wildman–Crippen LogP) is 4.01. The summed E-state index contributed by atoms with van der Waals surface area (Å²) in [5.74, 6) is -0.136. The fourth-order valence-electron chi connectivity index (χ4n) is 2.99. The summed E-state index contributed by atoms with van der Waals surface area (Å²) >= 11 is 6.16. The van der Waals surface area contributed by atoms with Crippen LogP contribution in [0, 0.1) is 20.8 Å². The fraction of sp³-hybridized carbons (Fsp3) is 0.238. The molecule has 4 nitrogen and oxygen atoms in total. The zero-order valence-electron chi connectivity index (χ0n) is 15.0. The Morgan fingerprint density at radius 1 is 0.885 bits per heavy atom. The van der Waals surface area contributed by atoms with Gasteiger partial charge in [-0.3, -0.25) is 14.5 Å². The summed E-state index contributed by atoms with van der Waals surface area (Å²) in [5.41, 5.74) is 4.17. The van der Waals surface area contributed by atoms with Crippen molar-refractivity contribution < 1.29 is 14.3 Å². The lowest BCUT2D eigenvalue weighted by Gasteiger charge is -2.16. The topological polar surface area (TPSA) is 46.6 Å². The molecule has 26 heavy (non-hydrogen) atoms. The van der Waals surface area contributed by atoms with Gasteiger partial charge in [0.15, 0.2) is 0 Å². The summed E-state index contributed by atoms with van der Waals surface area (Å²) in [4.78, 5) is 26.2. The second-order valence-corrected chi connectivity index (χ2v) is 6.87. The highest BCUT2D eigenvalue weighted by Gasteiger charge is 2.37. The fourth-order valence-corrected chi connectivity index (χ4v) is 3.28. The maximum atomic E-state index is 12.7. The Hall–Kier alpha value is -2.59. The second-order valence-electron chi connectivity index (χ2n) is 6.49. The molecule has 0 aliphatic carbocycles. The number of rotatable bonds is 5. The Kier molecular flexibility index (Phi) is 5.14. The third-order valence-corrected chi connectivity index (χ3v) is 4.58. The van der Waals surface area contributed by atoms with E-state index in [2.05, 4.69) is 6.07 Å². The van der Waals surface area contributed by atoms with Crippen molar-refractivity contribution in [1.82, 2.24) is 4.90 Å². The van der Waals surface area contributed by atoms with E-state index < -0.39 is 5.91 Å². The monoisotopic (exact) mass is 369 g/mol. The Bertz CT molecular complexity index is 880. The van der Waals surface area contributed by atoms with Crippen LogP contribution in [0.15, 0.2) is 47.5 Å². The molecule has 0 saturated carbocycles. The van der Waals surface area contributed by atoms with Gasteiger partial charge in [0.2, 0.25) is 0 Å². The van der Waals surface area contributed by atoms with Crippen LogP contribution < -0.4 is 4.74 Å². The van der Waals surface area contributed by atoms with Gasteiger partial charge in [-0.25, -0.2) is 0 Å². The SMILES string of the molecule is Cc1ccc(C2=C(Cl)C(=O)N(CCOc3cc(C)cc(C)c3)C2=O)cc1. The van der Waals surface area contributed by atoms with Crippen molar-refractivity contribution in [2.24, 2.45) is 0 Å². The van der Waals surface area contributed by atoms with Crippen LogP contribution in [0.5, 0.6) is 5.75 Å². The molecule has 1 aliphatic heterocycles. The molecule has 2 aromatic carbocycles. The largest absolute Gasteiger partial charge is 0.492 e. The molecule has 1 aliphatic rings. The number of halogens is 1. The van der Waals surface area contributed by atoms with Gasteiger partial charge in [-0.15, -0.1) is 0 Å².